The van der Waals surface area contributed by atoms with Crippen LogP contribution in [-0.4, -0.2) is 32.0 Å². The Balaban J connectivity index is 3.61. The van der Waals surface area contributed by atoms with Gasteiger partial charge in [-0.15, -0.1) is 0 Å². The van der Waals surface area contributed by atoms with Crippen LogP contribution >= 0.6 is 6.26 Å². The molecule has 0 heterocycles. The summed E-state index contributed by atoms with van der Waals surface area (Å²) in [5.41, 5.74) is 0. The average Bonchev–Trinajstić information content (AvgIpc) is 1.85. The van der Waals surface area contributed by atoms with Gasteiger partial charge in [0.15, 0.2) is 0 Å². The number of ether oxygens (including phenoxy) is 1. The zero-order valence-electron chi connectivity index (χ0n) is 7.70. The third-order valence-electron chi connectivity index (χ3n) is 1.20. The zero-order valence-corrected chi connectivity index (χ0v) is 9.41. The van der Waals surface area contributed by atoms with Gasteiger partial charge in [-0.05, 0) is 13.6 Å². The predicted molar refractivity (Wildman–Crippen MR) is 53.3 cm³/mol. The summed E-state index contributed by atoms with van der Waals surface area (Å²) in [5, 5.41) is 0. The predicted octanol–water partition coefficient (Wildman–Crippen LogP) is 1.61. The van der Waals surface area contributed by atoms with Crippen molar-refractivity contribution < 1.29 is 14.1 Å². The van der Waals surface area contributed by atoms with Crippen molar-refractivity contribution in [2.45, 2.75) is 13.8 Å². The zero-order chi connectivity index (χ0) is 9.61. The summed E-state index contributed by atoms with van der Waals surface area (Å²) in [4.78, 5) is 10.4. The molecule has 0 fully saturated rings. The average molecular weight is 210 g/mol. The van der Waals surface area contributed by atoms with Gasteiger partial charge in [-0.3, -0.25) is 4.79 Å². The molecule has 5 heteroatoms. The minimum absolute atomic E-state index is 0.263. The Labute approximate surface area is 78.5 Å². The van der Waals surface area contributed by atoms with Crippen LogP contribution in [0.25, 0.3) is 0 Å². The van der Waals surface area contributed by atoms with E-state index in [1.54, 1.807) is 0 Å². The number of rotatable bonds is 5. The van der Waals surface area contributed by atoms with Gasteiger partial charge in [0.2, 0.25) is 0 Å². The summed E-state index contributed by atoms with van der Waals surface area (Å²) < 4.78 is 10.1. The first kappa shape index (κ1) is 12.1. The van der Waals surface area contributed by atoms with Crippen molar-refractivity contribution in [3.63, 3.8) is 0 Å². The fourth-order valence-electron chi connectivity index (χ4n) is 0.693. The molecule has 1 unspecified atom stereocenters. The minimum Gasteiger partial charge on any atom is -0.465 e. The van der Waals surface area contributed by atoms with Gasteiger partial charge in [0.05, 0.1) is 12.9 Å². The second-order valence-corrected chi connectivity index (χ2v) is 7.55. The van der Waals surface area contributed by atoms with Gasteiger partial charge in [-0.25, -0.2) is 0 Å². The fraction of sp³-hybridized carbons (Fsp3) is 0.857. The summed E-state index contributed by atoms with van der Waals surface area (Å²) in [7, 11) is 0. The van der Waals surface area contributed by atoms with Crippen LogP contribution in [0.3, 0.4) is 0 Å². The van der Waals surface area contributed by atoms with E-state index in [1.807, 2.05) is 13.6 Å². The highest BCUT2D eigenvalue weighted by Gasteiger charge is 2.09. The molecular weight excluding hydrogens is 195 g/mol. The van der Waals surface area contributed by atoms with E-state index in [-0.39, 0.29) is 5.97 Å². The molecule has 12 heavy (non-hydrogen) atoms. The van der Waals surface area contributed by atoms with Crippen LogP contribution in [0.4, 0.5) is 0 Å². The molecule has 0 aromatic rings. The van der Waals surface area contributed by atoms with Gasteiger partial charge in [0.1, 0.15) is 0 Å². The van der Waals surface area contributed by atoms with Gasteiger partial charge in [-0.2, -0.15) is 0 Å². The molecule has 0 spiro atoms. The summed E-state index contributed by atoms with van der Waals surface area (Å²) in [6, 6.07) is 0. The molecule has 1 atom stereocenters. The van der Waals surface area contributed by atoms with Crippen molar-refractivity contribution >= 4 is 24.0 Å². The van der Waals surface area contributed by atoms with Crippen molar-refractivity contribution in [2.75, 3.05) is 26.0 Å². The third kappa shape index (κ3) is 6.77. The number of carbonyl (C=O) groups is 1. The lowest BCUT2D eigenvalue weighted by atomic mass is 10.8. The lowest BCUT2D eigenvalue weighted by Crippen LogP contribution is -2.06. The van der Waals surface area contributed by atoms with Gasteiger partial charge in [-0.1, -0.05) is 11.8 Å². The maximum atomic E-state index is 10.4. The smallest absolute Gasteiger partial charge is 0.302 e. The van der Waals surface area contributed by atoms with E-state index in [0.717, 1.165) is 0 Å². The van der Waals surface area contributed by atoms with Gasteiger partial charge >= 0.3 is 5.97 Å². The van der Waals surface area contributed by atoms with Crippen LogP contribution < -0.4 is 0 Å². The molecule has 0 rings (SSSR count). The first-order chi connectivity index (χ1) is 5.48. The first-order valence-corrected chi connectivity index (χ1v) is 7.17. The standard InChI is InChI=1S/C7H15O3PS/c1-4-10-11(3,12)6-5-9-7(2)8/h4-6H2,1-3H3. The molecule has 0 bridgehead atoms. The molecule has 0 radical (unpaired) electrons. The van der Waals surface area contributed by atoms with Crippen LogP contribution in [0.15, 0.2) is 0 Å². The summed E-state index contributed by atoms with van der Waals surface area (Å²) in [6.45, 7) is 6.22. The third-order valence-corrected chi connectivity index (χ3v) is 3.87. The fourth-order valence-corrected chi connectivity index (χ4v) is 2.33. The topological polar surface area (TPSA) is 35.5 Å². The second kappa shape index (κ2) is 5.68. The normalized spacial score (nSPS) is 15.2. The summed E-state index contributed by atoms with van der Waals surface area (Å²) in [5.74, 6) is -0.263. The van der Waals surface area contributed by atoms with Crippen LogP contribution in [0, 0.1) is 0 Å². The van der Waals surface area contributed by atoms with Crippen LogP contribution in [0.2, 0.25) is 0 Å². The minimum atomic E-state index is -1.69. The number of esters is 1. The van der Waals surface area contributed by atoms with Crippen LogP contribution in [0.1, 0.15) is 13.8 Å². The molecule has 0 saturated heterocycles. The summed E-state index contributed by atoms with van der Waals surface area (Å²) in [6.07, 6.45) is -1.03. The molecule has 72 valence electrons. The molecular formula is C7H15O3PS. The number of hydrogen-bond acceptors (Lipinski definition) is 4. The molecule has 0 saturated carbocycles. The molecule has 0 N–H and O–H groups in total. The Morgan fingerprint density at radius 1 is 1.58 bits per heavy atom. The van der Waals surface area contributed by atoms with E-state index in [0.29, 0.717) is 19.4 Å². The summed E-state index contributed by atoms with van der Waals surface area (Å²) >= 11 is 5.19. The van der Waals surface area contributed by atoms with Gasteiger partial charge in [0.25, 0.3) is 0 Å². The maximum absolute atomic E-state index is 10.4. The lowest BCUT2D eigenvalue weighted by Gasteiger charge is -2.15. The second-order valence-electron chi connectivity index (χ2n) is 2.50. The van der Waals surface area contributed by atoms with E-state index >= 15 is 0 Å². The van der Waals surface area contributed by atoms with Crippen LogP contribution in [-0.2, 0) is 25.9 Å². The van der Waals surface area contributed by atoms with Crippen molar-refractivity contribution in [3.8, 4) is 0 Å². The Kier molecular flexibility index (Phi) is 5.72. The van der Waals surface area contributed by atoms with Crippen molar-refractivity contribution in [1.82, 2.24) is 0 Å². The Bertz CT molecular complexity index is 193. The highest BCUT2D eigenvalue weighted by atomic mass is 32.4. The van der Waals surface area contributed by atoms with Crippen LogP contribution in [0.5, 0.6) is 0 Å². The van der Waals surface area contributed by atoms with Gasteiger partial charge in [0, 0.05) is 19.7 Å². The lowest BCUT2D eigenvalue weighted by molar-refractivity contribution is -0.140. The van der Waals surface area contributed by atoms with Gasteiger partial charge < -0.3 is 9.26 Å². The number of carbonyl (C=O) groups excluding carboxylic acids is 1. The molecule has 0 aliphatic rings. The highest BCUT2D eigenvalue weighted by molar-refractivity contribution is 8.11. The Morgan fingerprint density at radius 3 is 2.58 bits per heavy atom. The Morgan fingerprint density at radius 2 is 2.17 bits per heavy atom. The van der Waals surface area contributed by atoms with E-state index in [4.69, 9.17) is 21.1 Å². The molecule has 0 aromatic heterocycles. The Hall–Kier alpha value is 0.0800. The molecule has 3 nitrogen and oxygen atoms in total. The molecule has 0 aliphatic heterocycles. The quantitative estimate of drug-likeness (QED) is 0.510. The maximum Gasteiger partial charge on any atom is 0.302 e. The van der Waals surface area contributed by atoms with E-state index in [2.05, 4.69) is 0 Å². The van der Waals surface area contributed by atoms with E-state index in [9.17, 15) is 4.79 Å². The SMILES string of the molecule is CCOP(C)(=S)CCOC(C)=O. The highest BCUT2D eigenvalue weighted by Crippen LogP contribution is 2.42. The van der Waals surface area contributed by atoms with E-state index in [1.165, 1.54) is 6.92 Å². The first-order valence-electron chi connectivity index (χ1n) is 3.82. The largest absolute Gasteiger partial charge is 0.465 e. The van der Waals surface area contributed by atoms with E-state index < -0.39 is 6.26 Å². The monoisotopic (exact) mass is 210 g/mol. The molecule has 0 amide bonds. The molecule has 0 aromatic carbocycles. The van der Waals surface area contributed by atoms with Crippen molar-refractivity contribution in [3.05, 3.63) is 0 Å². The van der Waals surface area contributed by atoms with Crippen molar-refractivity contribution in [2.24, 2.45) is 0 Å². The molecule has 0 aliphatic carbocycles. The van der Waals surface area contributed by atoms with Crippen molar-refractivity contribution in [1.29, 1.82) is 0 Å². The number of hydrogen-bond donors (Lipinski definition) is 0.